The number of benzene rings is 9. The molecule has 0 fully saturated rings. The first-order valence-electron chi connectivity index (χ1n) is 20.4. The lowest BCUT2D eigenvalue weighted by Gasteiger charge is -2.13. The molecule has 284 valence electrons. The molecule has 0 atom stereocenters. The van der Waals surface area contributed by atoms with Gasteiger partial charge < -0.3 is 13.4 Å². The van der Waals surface area contributed by atoms with Crippen LogP contribution in [0.5, 0.6) is 0 Å². The molecule has 6 heteroatoms. The molecule has 0 radical (unpaired) electrons. The third kappa shape index (κ3) is 5.32. The molecule has 0 saturated heterocycles. The molecular weight excluding hydrogens is 749 g/mol. The summed E-state index contributed by atoms with van der Waals surface area (Å²) in [7, 11) is 0. The summed E-state index contributed by atoms with van der Waals surface area (Å²) in [5.74, 6) is 1.71. The Morgan fingerprint density at radius 3 is 1.64 bits per heavy atom. The fraction of sp³-hybridized carbons (Fsp3) is 0. The molecule has 13 aromatic rings. The van der Waals surface area contributed by atoms with E-state index < -0.39 is 0 Å². The zero-order chi connectivity index (χ0) is 40.0. The summed E-state index contributed by atoms with van der Waals surface area (Å²) in [5, 5.41) is 8.78. The van der Waals surface area contributed by atoms with Gasteiger partial charge in [0.1, 0.15) is 16.7 Å². The summed E-state index contributed by atoms with van der Waals surface area (Å²) in [6.45, 7) is 0. The van der Waals surface area contributed by atoms with E-state index in [-0.39, 0.29) is 0 Å². The zero-order valence-electron chi connectivity index (χ0n) is 32.6. The Bertz CT molecular complexity index is 3880. The van der Waals surface area contributed by atoms with Crippen LogP contribution in [0.1, 0.15) is 0 Å². The predicted molar refractivity (Wildman–Crippen MR) is 248 cm³/mol. The second kappa shape index (κ2) is 13.1. The minimum Gasteiger partial charge on any atom is -0.456 e. The number of rotatable bonds is 5. The third-order valence-corrected chi connectivity index (χ3v) is 12.0. The normalized spacial score (nSPS) is 11.9. The van der Waals surface area contributed by atoms with Gasteiger partial charge in [0.2, 0.25) is 0 Å². The van der Waals surface area contributed by atoms with Gasteiger partial charge in [-0.2, -0.15) is 0 Å². The van der Waals surface area contributed by atoms with Crippen LogP contribution < -0.4 is 0 Å². The Hall–Kier alpha value is -8.35. The van der Waals surface area contributed by atoms with Crippen molar-refractivity contribution in [1.29, 1.82) is 0 Å². The molecule has 0 aliphatic heterocycles. The Balaban J connectivity index is 1.08. The molecule has 0 amide bonds. The highest BCUT2D eigenvalue weighted by Gasteiger charge is 2.22. The van der Waals surface area contributed by atoms with Gasteiger partial charge in [-0.3, -0.25) is 0 Å². The van der Waals surface area contributed by atoms with Crippen LogP contribution in [0.4, 0.5) is 0 Å². The van der Waals surface area contributed by atoms with E-state index in [4.69, 9.17) is 23.8 Å². The first-order valence-corrected chi connectivity index (χ1v) is 20.4. The molecular formula is C55H32N4O2. The van der Waals surface area contributed by atoms with E-state index in [2.05, 4.69) is 150 Å². The van der Waals surface area contributed by atoms with Crippen LogP contribution >= 0.6 is 0 Å². The van der Waals surface area contributed by atoms with Crippen LogP contribution in [0.25, 0.3) is 127 Å². The van der Waals surface area contributed by atoms with Crippen molar-refractivity contribution in [2.75, 3.05) is 0 Å². The molecule has 0 unspecified atom stereocenters. The lowest BCUT2D eigenvalue weighted by atomic mass is 10.0. The lowest BCUT2D eigenvalue weighted by molar-refractivity contribution is 0.666. The highest BCUT2D eigenvalue weighted by Crippen LogP contribution is 2.42. The van der Waals surface area contributed by atoms with Crippen LogP contribution in [0.15, 0.2) is 203 Å². The Kier molecular flexibility index (Phi) is 7.21. The van der Waals surface area contributed by atoms with Crippen molar-refractivity contribution < 1.29 is 8.83 Å². The van der Waals surface area contributed by atoms with Gasteiger partial charge in [0.15, 0.2) is 23.1 Å². The second-order valence-electron chi connectivity index (χ2n) is 15.6. The van der Waals surface area contributed by atoms with Crippen LogP contribution in [0.2, 0.25) is 0 Å². The van der Waals surface area contributed by atoms with Crippen molar-refractivity contribution in [1.82, 2.24) is 19.5 Å². The Morgan fingerprint density at radius 1 is 0.311 bits per heavy atom. The van der Waals surface area contributed by atoms with Crippen LogP contribution in [-0.4, -0.2) is 19.5 Å². The van der Waals surface area contributed by atoms with Crippen molar-refractivity contribution in [2.24, 2.45) is 0 Å². The van der Waals surface area contributed by atoms with Crippen molar-refractivity contribution in [2.45, 2.75) is 0 Å². The van der Waals surface area contributed by atoms with Gasteiger partial charge in [-0.1, -0.05) is 133 Å². The van der Waals surface area contributed by atoms with E-state index in [1.165, 1.54) is 21.5 Å². The standard InChI is InChI=1S/C55H32N4O2/c1-2-12-33(13-3-1)34-22-24-35(25-23-34)53-56-54(38-26-27-51-44(29-38)41-17-7-10-20-49(41)60-51)58-55(57-53)39-30-45-42-18-8-11-21-50(42)61-52(45)48(32-39)59-46-19-9-6-16-40(46)43-28-36-14-4-5-15-37(36)31-47(43)59/h1-32H. The number of hydrogen-bond acceptors (Lipinski definition) is 5. The molecule has 0 spiro atoms. The first-order chi connectivity index (χ1) is 30.2. The first kappa shape index (κ1) is 33.6. The molecule has 0 bridgehead atoms. The largest absolute Gasteiger partial charge is 0.456 e. The number of para-hydroxylation sites is 3. The highest BCUT2D eigenvalue weighted by molar-refractivity contribution is 6.16. The Morgan fingerprint density at radius 2 is 0.852 bits per heavy atom. The summed E-state index contributed by atoms with van der Waals surface area (Å²) in [6.07, 6.45) is 0. The van der Waals surface area contributed by atoms with E-state index in [1.807, 2.05) is 48.5 Å². The highest BCUT2D eigenvalue weighted by atomic mass is 16.3. The van der Waals surface area contributed by atoms with Crippen molar-refractivity contribution >= 4 is 76.5 Å². The topological polar surface area (TPSA) is 69.9 Å². The average Bonchev–Trinajstić information content (AvgIpc) is 4.00. The van der Waals surface area contributed by atoms with Gasteiger partial charge in [-0.05, 0) is 82.6 Å². The smallest absolute Gasteiger partial charge is 0.164 e. The summed E-state index contributed by atoms with van der Waals surface area (Å²) in [4.78, 5) is 15.8. The van der Waals surface area contributed by atoms with Gasteiger partial charge in [-0.15, -0.1) is 0 Å². The SMILES string of the molecule is c1ccc(-c2ccc(-c3nc(-c4ccc5oc6ccccc6c5c4)nc(-c4cc(-n5c6ccccc6c6cc7ccccc7cc65)c5oc6ccccc6c5c4)n3)cc2)cc1. The molecule has 6 nitrogen and oxygen atoms in total. The maximum atomic E-state index is 6.80. The molecule has 0 N–H and O–H groups in total. The lowest BCUT2D eigenvalue weighted by Crippen LogP contribution is -2.01. The van der Waals surface area contributed by atoms with E-state index in [0.717, 1.165) is 88.4 Å². The maximum absolute atomic E-state index is 6.80. The molecule has 4 aromatic heterocycles. The van der Waals surface area contributed by atoms with Gasteiger partial charge >= 0.3 is 0 Å². The molecule has 61 heavy (non-hydrogen) atoms. The van der Waals surface area contributed by atoms with Crippen LogP contribution in [0, 0.1) is 0 Å². The van der Waals surface area contributed by atoms with Crippen LogP contribution in [-0.2, 0) is 0 Å². The van der Waals surface area contributed by atoms with Crippen molar-refractivity contribution in [3.05, 3.63) is 194 Å². The zero-order valence-corrected chi connectivity index (χ0v) is 32.6. The summed E-state index contributed by atoms with van der Waals surface area (Å²) >= 11 is 0. The fourth-order valence-corrected chi connectivity index (χ4v) is 9.09. The predicted octanol–water partition coefficient (Wildman–Crippen LogP) is 14.6. The number of aromatic nitrogens is 4. The molecule has 0 aliphatic rings. The number of furan rings is 2. The monoisotopic (exact) mass is 780 g/mol. The fourth-order valence-electron chi connectivity index (χ4n) is 9.09. The molecule has 0 saturated carbocycles. The van der Waals surface area contributed by atoms with Gasteiger partial charge in [0.25, 0.3) is 0 Å². The Labute approximate surface area is 348 Å². The quantitative estimate of drug-likeness (QED) is 0.174. The van der Waals surface area contributed by atoms with E-state index in [1.54, 1.807) is 0 Å². The number of fused-ring (bicyclic) bond motifs is 10. The molecule has 0 aliphatic carbocycles. The van der Waals surface area contributed by atoms with Crippen molar-refractivity contribution in [3.8, 4) is 51.0 Å². The second-order valence-corrected chi connectivity index (χ2v) is 15.6. The maximum Gasteiger partial charge on any atom is 0.164 e. The molecule has 13 rings (SSSR count). The van der Waals surface area contributed by atoms with Gasteiger partial charge in [0.05, 0.1) is 16.7 Å². The van der Waals surface area contributed by atoms with Gasteiger partial charge in [0, 0.05) is 49.0 Å². The van der Waals surface area contributed by atoms with E-state index >= 15 is 0 Å². The minimum atomic E-state index is 0.559. The summed E-state index contributed by atoms with van der Waals surface area (Å²) < 4.78 is 15.4. The van der Waals surface area contributed by atoms with E-state index in [9.17, 15) is 0 Å². The van der Waals surface area contributed by atoms with Crippen molar-refractivity contribution in [3.63, 3.8) is 0 Å². The van der Waals surface area contributed by atoms with Gasteiger partial charge in [-0.25, -0.2) is 15.0 Å². The minimum absolute atomic E-state index is 0.559. The molecule has 9 aromatic carbocycles. The van der Waals surface area contributed by atoms with Crippen LogP contribution in [0.3, 0.4) is 0 Å². The number of nitrogens with zero attached hydrogens (tertiary/aromatic N) is 4. The summed E-state index contributed by atoms with van der Waals surface area (Å²) in [5.41, 5.74) is 11.2. The average molecular weight is 781 g/mol. The molecule has 4 heterocycles. The third-order valence-electron chi connectivity index (χ3n) is 12.0. The van der Waals surface area contributed by atoms with E-state index in [0.29, 0.717) is 17.5 Å². The number of hydrogen-bond donors (Lipinski definition) is 0. The summed E-state index contributed by atoms with van der Waals surface area (Å²) in [6, 6.07) is 67.5.